The Morgan fingerprint density at radius 2 is 2.20 bits per heavy atom. The van der Waals surface area contributed by atoms with Crippen LogP contribution in [0.25, 0.3) is 0 Å². The smallest absolute Gasteiger partial charge is 0.311 e. The Kier molecular flexibility index (Phi) is 3.84. The molecule has 7 nitrogen and oxygen atoms in total. The average molecular weight is 284 g/mol. The number of ether oxygens (including phenoxy) is 1. The predicted molar refractivity (Wildman–Crippen MR) is 67.2 cm³/mol. The van der Waals surface area contributed by atoms with Crippen molar-refractivity contribution in [1.82, 2.24) is 0 Å². The SMILES string of the molecule is CN(c1cc(F)cc([N+](=O)[O-])c1)C1COCC1C(=O)O. The molecular formula is C12H13FN2O5. The Bertz CT molecular complexity index is 551. The van der Waals surface area contributed by atoms with Crippen LogP contribution in [0, 0.1) is 21.8 Å². The fourth-order valence-electron chi connectivity index (χ4n) is 2.22. The van der Waals surface area contributed by atoms with Crippen molar-refractivity contribution in [2.24, 2.45) is 5.92 Å². The molecule has 0 saturated carbocycles. The number of nitro benzene ring substituents is 1. The first-order valence-electron chi connectivity index (χ1n) is 5.88. The van der Waals surface area contributed by atoms with Gasteiger partial charge in [-0.05, 0) is 6.07 Å². The van der Waals surface area contributed by atoms with Gasteiger partial charge in [0.15, 0.2) is 0 Å². The van der Waals surface area contributed by atoms with E-state index in [0.717, 1.165) is 12.1 Å². The van der Waals surface area contributed by atoms with E-state index in [-0.39, 0.29) is 24.6 Å². The quantitative estimate of drug-likeness (QED) is 0.661. The van der Waals surface area contributed by atoms with Crippen LogP contribution in [0.1, 0.15) is 0 Å². The monoisotopic (exact) mass is 284 g/mol. The molecular weight excluding hydrogens is 271 g/mol. The second-order valence-corrected chi connectivity index (χ2v) is 4.59. The summed E-state index contributed by atoms with van der Waals surface area (Å²) in [5.41, 5.74) is -0.129. The van der Waals surface area contributed by atoms with Crippen molar-refractivity contribution in [3.8, 4) is 0 Å². The highest BCUT2D eigenvalue weighted by Gasteiger charge is 2.37. The molecule has 0 aromatic heterocycles. The number of nitro groups is 1. The van der Waals surface area contributed by atoms with Crippen LogP contribution in [0.2, 0.25) is 0 Å². The third-order valence-corrected chi connectivity index (χ3v) is 3.35. The number of nitrogens with zero attached hydrogens (tertiary/aromatic N) is 2. The summed E-state index contributed by atoms with van der Waals surface area (Å²) in [6.07, 6.45) is 0. The lowest BCUT2D eigenvalue weighted by atomic mass is 10.0. The van der Waals surface area contributed by atoms with Crippen LogP contribution in [-0.4, -0.2) is 42.3 Å². The third kappa shape index (κ3) is 2.69. The van der Waals surface area contributed by atoms with Crippen molar-refractivity contribution in [2.45, 2.75) is 6.04 Å². The summed E-state index contributed by atoms with van der Waals surface area (Å²) < 4.78 is 18.5. The van der Waals surface area contributed by atoms with E-state index in [2.05, 4.69) is 0 Å². The Hall–Kier alpha value is -2.22. The molecule has 0 radical (unpaired) electrons. The molecule has 2 unspecified atom stereocenters. The maximum Gasteiger partial charge on any atom is 0.311 e. The van der Waals surface area contributed by atoms with Crippen molar-refractivity contribution in [2.75, 3.05) is 25.2 Å². The summed E-state index contributed by atoms with van der Waals surface area (Å²) in [4.78, 5) is 22.6. The van der Waals surface area contributed by atoms with Crippen molar-refractivity contribution in [1.29, 1.82) is 0 Å². The molecule has 1 aliphatic rings. The standard InChI is InChI=1S/C12H13FN2O5/c1-14(11-6-20-5-10(11)12(16)17)8-2-7(13)3-9(4-8)15(18)19/h2-4,10-11H,5-6H2,1H3,(H,16,17). The summed E-state index contributed by atoms with van der Waals surface area (Å²) in [6, 6.07) is 2.66. The number of hydrogen-bond acceptors (Lipinski definition) is 5. The summed E-state index contributed by atoms with van der Waals surface area (Å²) >= 11 is 0. The van der Waals surface area contributed by atoms with E-state index in [1.807, 2.05) is 0 Å². The zero-order valence-corrected chi connectivity index (χ0v) is 10.7. The van der Waals surface area contributed by atoms with Crippen LogP contribution >= 0.6 is 0 Å². The molecule has 1 heterocycles. The molecule has 2 atom stereocenters. The van der Waals surface area contributed by atoms with Gasteiger partial charge in [-0.15, -0.1) is 0 Å². The fourth-order valence-corrected chi connectivity index (χ4v) is 2.22. The lowest BCUT2D eigenvalue weighted by Gasteiger charge is -2.28. The van der Waals surface area contributed by atoms with Gasteiger partial charge in [-0.1, -0.05) is 0 Å². The van der Waals surface area contributed by atoms with Gasteiger partial charge < -0.3 is 14.7 Å². The van der Waals surface area contributed by atoms with Crippen LogP contribution in [0.4, 0.5) is 15.8 Å². The number of benzene rings is 1. The van der Waals surface area contributed by atoms with Gasteiger partial charge in [0, 0.05) is 18.8 Å². The van der Waals surface area contributed by atoms with E-state index in [1.54, 1.807) is 7.05 Å². The van der Waals surface area contributed by atoms with Gasteiger partial charge in [0.2, 0.25) is 0 Å². The molecule has 1 aromatic carbocycles. The number of non-ortho nitro benzene ring substituents is 1. The van der Waals surface area contributed by atoms with Gasteiger partial charge >= 0.3 is 5.97 Å². The van der Waals surface area contributed by atoms with Crippen molar-refractivity contribution in [3.05, 3.63) is 34.1 Å². The number of carboxylic acids is 1. The highest BCUT2D eigenvalue weighted by molar-refractivity contribution is 5.72. The van der Waals surface area contributed by atoms with E-state index in [9.17, 15) is 19.3 Å². The Labute approximate surface area is 113 Å². The third-order valence-electron chi connectivity index (χ3n) is 3.35. The highest BCUT2D eigenvalue weighted by atomic mass is 19.1. The molecule has 1 fully saturated rings. The van der Waals surface area contributed by atoms with E-state index >= 15 is 0 Å². The van der Waals surface area contributed by atoms with Gasteiger partial charge in [0.25, 0.3) is 5.69 Å². The van der Waals surface area contributed by atoms with E-state index in [0.29, 0.717) is 0 Å². The maximum absolute atomic E-state index is 13.4. The lowest BCUT2D eigenvalue weighted by Crippen LogP contribution is -2.40. The van der Waals surface area contributed by atoms with Crippen LogP contribution in [0.3, 0.4) is 0 Å². The molecule has 1 aliphatic heterocycles. The first-order chi connectivity index (χ1) is 9.40. The fraction of sp³-hybridized carbons (Fsp3) is 0.417. The van der Waals surface area contributed by atoms with Crippen molar-refractivity contribution >= 4 is 17.3 Å². The molecule has 2 rings (SSSR count). The summed E-state index contributed by atoms with van der Waals surface area (Å²) in [6.45, 7) is 0.250. The van der Waals surface area contributed by atoms with Crippen molar-refractivity contribution in [3.63, 3.8) is 0 Å². The number of likely N-dealkylation sites (N-methyl/N-ethyl adjacent to an activating group) is 1. The Balaban J connectivity index is 2.31. The normalized spacial score (nSPS) is 21.7. The molecule has 1 aromatic rings. The minimum absolute atomic E-state index is 0.0712. The van der Waals surface area contributed by atoms with Gasteiger partial charge in [0.1, 0.15) is 11.7 Å². The largest absolute Gasteiger partial charge is 0.481 e. The number of carboxylic acid groups (broad SMARTS) is 1. The Morgan fingerprint density at radius 3 is 2.80 bits per heavy atom. The number of anilines is 1. The van der Waals surface area contributed by atoms with Crippen LogP contribution in [-0.2, 0) is 9.53 Å². The maximum atomic E-state index is 13.4. The van der Waals surface area contributed by atoms with Crippen LogP contribution < -0.4 is 4.90 Å². The zero-order valence-electron chi connectivity index (χ0n) is 10.7. The van der Waals surface area contributed by atoms with Gasteiger partial charge in [0.05, 0.1) is 30.2 Å². The number of carbonyl (C=O) groups is 1. The topological polar surface area (TPSA) is 92.9 Å². The minimum Gasteiger partial charge on any atom is -0.481 e. The first-order valence-corrected chi connectivity index (χ1v) is 5.88. The molecule has 1 N–H and O–H groups in total. The highest BCUT2D eigenvalue weighted by Crippen LogP contribution is 2.28. The van der Waals surface area contributed by atoms with Gasteiger partial charge in [-0.25, -0.2) is 4.39 Å². The molecule has 0 bridgehead atoms. The second kappa shape index (κ2) is 5.41. The first kappa shape index (κ1) is 14.2. The number of rotatable bonds is 4. The van der Waals surface area contributed by atoms with E-state index in [1.165, 1.54) is 11.0 Å². The zero-order chi connectivity index (χ0) is 14.9. The number of hydrogen-bond donors (Lipinski definition) is 1. The molecule has 0 spiro atoms. The molecule has 108 valence electrons. The van der Waals surface area contributed by atoms with Crippen LogP contribution in [0.15, 0.2) is 18.2 Å². The summed E-state index contributed by atoms with van der Waals surface area (Å²) in [7, 11) is 1.56. The molecule has 0 aliphatic carbocycles. The number of halogens is 1. The lowest BCUT2D eigenvalue weighted by molar-refractivity contribution is -0.385. The van der Waals surface area contributed by atoms with E-state index in [4.69, 9.17) is 9.84 Å². The molecule has 8 heteroatoms. The summed E-state index contributed by atoms with van der Waals surface area (Å²) in [5.74, 6) is -2.50. The van der Waals surface area contributed by atoms with E-state index < -0.39 is 28.7 Å². The number of aliphatic carboxylic acids is 1. The molecule has 20 heavy (non-hydrogen) atoms. The Morgan fingerprint density at radius 1 is 1.50 bits per heavy atom. The second-order valence-electron chi connectivity index (χ2n) is 4.59. The van der Waals surface area contributed by atoms with Gasteiger partial charge in [-0.3, -0.25) is 14.9 Å². The predicted octanol–water partition coefficient (Wildman–Crippen LogP) is 1.27. The van der Waals surface area contributed by atoms with Crippen molar-refractivity contribution < 1.29 is 24.0 Å². The molecule has 0 amide bonds. The van der Waals surface area contributed by atoms with Crippen LogP contribution in [0.5, 0.6) is 0 Å². The minimum atomic E-state index is -1.01. The summed E-state index contributed by atoms with van der Waals surface area (Å²) in [5, 5.41) is 19.8. The van der Waals surface area contributed by atoms with Gasteiger partial charge in [-0.2, -0.15) is 0 Å². The molecule has 1 saturated heterocycles. The average Bonchev–Trinajstić information content (AvgIpc) is 2.86.